The molecule has 0 radical (unpaired) electrons. The molecule has 1 aromatic carbocycles. The maximum atomic E-state index is 4.57. The number of aromatic nitrogens is 4. The van der Waals surface area contributed by atoms with Crippen molar-refractivity contribution in [3.63, 3.8) is 0 Å². The smallest absolute Gasteiger partial charge is 0.232 e. The summed E-state index contributed by atoms with van der Waals surface area (Å²) in [7, 11) is 0. The summed E-state index contributed by atoms with van der Waals surface area (Å²) < 4.78 is 0. The Morgan fingerprint density at radius 3 is 2.12 bits per heavy atom. The van der Waals surface area contributed by atoms with E-state index < -0.39 is 0 Å². The van der Waals surface area contributed by atoms with Crippen LogP contribution in [0.2, 0.25) is 0 Å². The van der Waals surface area contributed by atoms with Gasteiger partial charge in [-0.25, -0.2) is 0 Å². The number of benzene rings is 1. The van der Waals surface area contributed by atoms with Crippen molar-refractivity contribution >= 4 is 17.6 Å². The van der Waals surface area contributed by atoms with E-state index in [4.69, 9.17) is 0 Å². The fraction of sp³-hybridized carbons (Fsp3) is 0.263. The van der Waals surface area contributed by atoms with E-state index in [1.54, 1.807) is 0 Å². The molecule has 0 aliphatic carbocycles. The van der Waals surface area contributed by atoms with Crippen LogP contribution in [0.3, 0.4) is 0 Å². The van der Waals surface area contributed by atoms with Gasteiger partial charge >= 0.3 is 0 Å². The van der Waals surface area contributed by atoms with Crippen molar-refractivity contribution in [1.29, 1.82) is 0 Å². The molecule has 2 heterocycles. The first-order chi connectivity index (χ1) is 12.0. The lowest BCUT2D eigenvalue weighted by molar-refractivity contribution is 0.869. The van der Waals surface area contributed by atoms with E-state index in [0.29, 0.717) is 17.7 Å². The lowest BCUT2D eigenvalue weighted by Crippen LogP contribution is -2.14. The highest BCUT2D eigenvalue weighted by Gasteiger charge is 2.10. The maximum Gasteiger partial charge on any atom is 0.232 e. The predicted octanol–water partition coefficient (Wildman–Crippen LogP) is 4.61. The number of rotatable bonds is 5. The van der Waals surface area contributed by atoms with Crippen LogP contribution in [-0.4, -0.2) is 26.0 Å². The molecular formula is C19H26N6. The molecule has 3 aromatic rings. The third-order valence-electron chi connectivity index (χ3n) is 3.42. The summed E-state index contributed by atoms with van der Waals surface area (Å²) >= 11 is 0. The van der Waals surface area contributed by atoms with Crippen LogP contribution in [-0.2, 0) is 0 Å². The zero-order chi connectivity index (χ0) is 17.8. The van der Waals surface area contributed by atoms with Gasteiger partial charge in [0.25, 0.3) is 0 Å². The normalized spacial score (nSPS) is 10.8. The molecule has 0 aliphatic rings. The monoisotopic (exact) mass is 338 g/mol. The number of pyridine rings is 1. The lowest BCUT2D eigenvalue weighted by Gasteiger charge is -2.12. The van der Waals surface area contributed by atoms with Crippen molar-refractivity contribution in [3.8, 4) is 11.4 Å². The van der Waals surface area contributed by atoms with Crippen molar-refractivity contribution in [3.05, 3.63) is 53.9 Å². The first kappa shape index (κ1) is 16.8. The van der Waals surface area contributed by atoms with Crippen LogP contribution in [0.25, 0.3) is 11.4 Å². The quantitative estimate of drug-likeness (QED) is 0.708. The number of hydrogen-bond acceptors (Lipinski definition) is 6. The minimum Gasteiger partial charge on any atom is -0.352 e. The van der Waals surface area contributed by atoms with E-state index in [-0.39, 0.29) is 8.90 Å². The van der Waals surface area contributed by atoms with Crippen molar-refractivity contribution in [2.75, 3.05) is 10.6 Å². The van der Waals surface area contributed by atoms with Crippen LogP contribution in [0.15, 0.2) is 42.5 Å². The van der Waals surface area contributed by atoms with Gasteiger partial charge in [-0.15, -0.1) is 0 Å². The molecule has 0 atom stereocenters. The molecule has 3 rings (SSSR count). The highest BCUT2D eigenvalue weighted by atomic mass is 15.2. The summed E-state index contributed by atoms with van der Waals surface area (Å²) in [6.45, 7) is 8.03. The van der Waals surface area contributed by atoms with Gasteiger partial charge in [-0.2, -0.15) is 15.0 Å². The van der Waals surface area contributed by atoms with Gasteiger partial charge in [-0.1, -0.05) is 30.3 Å². The molecule has 132 valence electrons. The van der Waals surface area contributed by atoms with E-state index in [1.807, 2.05) is 56.3 Å². The second-order valence-electron chi connectivity index (χ2n) is 6.23. The molecule has 0 bridgehead atoms. The Hall–Kier alpha value is -3.02. The zero-order valence-corrected chi connectivity index (χ0v) is 14.9. The number of anilines is 3. The third kappa shape index (κ3) is 4.50. The lowest BCUT2D eigenvalue weighted by atomic mass is 10.2. The van der Waals surface area contributed by atoms with E-state index in [9.17, 15) is 0 Å². The number of nitrogens with zero attached hydrogens (tertiary/aromatic N) is 4. The highest BCUT2D eigenvalue weighted by molar-refractivity contribution is 5.61. The molecular weight excluding hydrogens is 312 g/mol. The Kier molecular flexibility index (Phi) is 4.88. The molecule has 2 N–H and O–H groups in total. The minimum absolute atomic E-state index is 0. The van der Waals surface area contributed by atoms with Crippen LogP contribution >= 0.6 is 0 Å². The van der Waals surface area contributed by atoms with E-state index >= 15 is 0 Å². The van der Waals surface area contributed by atoms with Gasteiger partial charge in [0.2, 0.25) is 11.9 Å². The fourth-order valence-electron chi connectivity index (χ4n) is 2.51. The first-order valence-corrected chi connectivity index (χ1v) is 8.30. The van der Waals surface area contributed by atoms with Crippen LogP contribution in [0.5, 0.6) is 0 Å². The molecule has 0 saturated carbocycles. The van der Waals surface area contributed by atoms with Crippen molar-refractivity contribution in [1.82, 2.24) is 19.9 Å². The molecule has 0 amide bonds. The molecule has 25 heavy (non-hydrogen) atoms. The van der Waals surface area contributed by atoms with Gasteiger partial charge < -0.3 is 10.6 Å². The summed E-state index contributed by atoms with van der Waals surface area (Å²) in [6, 6.07) is 14.0. The average molecular weight is 338 g/mol. The van der Waals surface area contributed by atoms with Crippen molar-refractivity contribution < 1.29 is 2.85 Å². The maximum absolute atomic E-state index is 4.57. The van der Waals surface area contributed by atoms with Crippen LogP contribution in [0.1, 0.15) is 28.1 Å². The zero-order valence-electron chi connectivity index (χ0n) is 14.9. The van der Waals surface area contributed by atoms with E-state index in [1.165, 1.54) is 0 Å². The Balaban J connectivity index is 0.00000182. The van der Waals surface area contributed by atoms with Crippen molar-refractivity contribution in [2.45, 2.75) is 33.7 Å². The van der Waals surface area contributed by atoms with E-state index in [0.717, 1.165) is 22.6 Å². The Morgan fingerprint density at radius 1 is 0.840 bits per heavy atom. The van der Waals surface area contributed by atoms with Gasteiger partial charge in [0.05, 0.1) is 0 Å². The van der Waals surface area contributed by atoms with Gasteiger partial charge in [-0.3, -0.25) is 4.98 Å². The van der Waals surface area contributed by atoms with Gasteiger partial charge in [0.1, 0.15) is 0 Å². The topological polar surface area (TPSA) is 75.6 Å². The molecule has 0 aliphatic heterocycles. The molecule has 0 saturated heterocycles. The van der Waals surface area contributed by atoms with Gasteiger partial charge in [-0.05, 0) is 39.8 Å². The van der Waals surface area contributed by atoms with Crippen LogP contribution in [0, 0.1) is 13.8 Å². The molecule has 2 aromatic heterocycles. The van der Waals surface area contributed by atoms with Gasteiger partial charge in [0.15, 0.2) is 5.82 Å². The fourth-order valence-corrected chi connectivity index (χ4v) is 2.51. The Morgan fingerprint density at radius 2 is 1.48 bits per heavy atom. The average Bonchev–Trinajstić information content (AvgIpc) is 2.54. The third-order valence-corrected chi connectivity index (χ3v) is 3.42. The van der Waals surface area contributed by atoms with Crippen molar-refractivity contribution in [2.24, 2.45) is 0 Å². The molecule has 6 nitrogen and oxygen atoms in total. The summed E-state index contributed by atoms with van der Waals surface area (Å²) in [5.74, 6) is 1.68. The second-order valence-corrected chi connectivity index (χ2v) is 6.23. The van der Waals surface area contributed by atoms with Crippen LogP contribution < -0.4 is 10.6 Å². The molecule has 6 heteroatoms. The number of aryl methyl sites for hydroxylation is 2. The molecule has 0 spiro atoms. The molecule has 0 fully saturated rings. The Bertz CT molecular complexity index is 851. The summed E-state index contributed by atoms with van der Waals surface area (Å²) in [5, 5.41) is 6.52. The second kappa shape index (κ2) is 7.25. The van der Waals surface area contributed by atoms with Gasteiger partial charge in [0, 0.05) is 31.5 Å². The molecule has 0 unspecified atom stereocenters. The predicted molar refractivity (Wildman–Crippen MR) is 105 cm³/mol. The van der Waals surface area contributed by atoms with Crippen LogP contribution in [0.4, 0.5) is 17.6 Å². The largest absolute Gasteiger partial charge is 0.352 e. The number of hydrogen-bond donors (Lipinski definition) is 2. The van der Waals surface area contributed by atoms with E-state index in [2.05, 4.69) is 44.4 Å². The SMILES string of the molecule is Cc1cc(Nc2nc(NC(C)C)nc(-c3ccccc3)n2)cc(C)n1.[HH].[HH]. The Labute approximate surface area is 150 Å². The minimum atomic E-state index is 0. The first-order valence-electron chi connectivity index (χ1n) is 8.30. The number of nitrogens with one attached hydrogen (secondary N) is 2. The standard InChI is InChI=1S/C19H22N6.2H2/c1-12(2)20-18-23-17(15-8-6-5-7-9-15)24-19(25-18)22-16-10-13(3)21-14(4)11-16;;/h5-12H,1-4H3,(H2,20,21,22,23,24,25);2*1H. The summed E-state index contributed by atoms with van der Waals surface area (Å²) in [6.07, 6.45) is 0. The highest BCUT2D eigenvalue weighted by Crippen LogP contribution is 2.21. The summed E-state index contributed by atoms with van der Waals surface area (Å²) in [4.78, 5) is 18.0. The summed E-state index contributed by atoms with van der Waals surface area (Å²) in [5.41, 5.74) is 3.74.